The van der Waals surface area contributed by atoms with Crippen LogP contribution in [0.5, 0.6) is 0 Å². The molecular weight excluding hydrogens is 224 g/mol. The SMILES string of the molecule is CC.CCC1CCN(C(=O)CNCC(C)C)CC1. The molecule has 1 N–H and O–H groups in total. The molecule has 0 unspecified atom stereocenters. The summed E-state index contributed by atoms with van der Waals surface area (Å²) in [4.78, 5) is 13.9. The van der Waals surface area contributed by atoms with Crippen LogP contribution in [0.25, 0.3) is 0 Å². The summed E-state index contributed by atoms with van der Waals surface area (Å²) in [6.45, 7) is 13.9. The van der Waals surface area contributed by atoms with Crippen molar-refractivity contribution >= 4 is 5.91 Å². The molecule has 1 heterocycles. The zero-order valence-electron chi connectivity index (χ0n) is 13.0. The minimum atomic E-state index is 0.273. The topological polar surface area (TPSA) is 32.3 Å². The number of likely N-dealkylation sites (tertiary alicyclic amines) is 1. The highest BCUT2D eigenvalue weighted by molar-refractivity contribution is 5.78. The van der Waals surface area contributed by atoms with E-state index >= 15 is 0 Å². The number of hydrogen-bond donors (Lipinski definition) is 1. The van der Waals surface area contributed by atoms with E-state index in [-0.39, 0.29) is 5.91 Å². The molecule has 3 heteroatoms. The van der Waals surface area contributed by atoms with Crippen molar-refractivity contribution < 1.29 is 4.79 Å². The number of carbonyl (C=O) groups is 1. The number of hydrogen-bond acceptors (Lipinski definition) is 2. The standard InChI is InChI=1S/C13H26N2O.C2H6/c1-4-12-5-7-15(8-6-12)13(16)10-14-9-11(2)3;1-2/h11-12,14H,4-10H2,1-3H3;1-2H3. The molecule has 108 valence electrons. The van der Waals surface area contributed by atoms with Crippen LogP contribution in [0.4, 0.5) is 0 Å². The van der Waals surface area contributed by atoms with Crippen LogP contribution in [0.2, 0.25) is 0 Å². The van der Waals surface area contributed by atoms with Crippen molar-refractivity contribution in [3.63, 3.8) is 0 Å². The number of carbonyl (C=O) groups excluding carboxylic acids is 1. The van der Waals surface area contributed by atoms with Crippen LogP contribution >= 0.6 is 0 Å². The molecular formula is C15H32N2O. The predicted molar refractivity (Wildman–Crippen MR) is 78.7 cm³/mol. The van der Waals surface area contributed by atoms with Gasteiger partial charge in [0.15, 0.2) is 0 Å². The highest BCUT2D eigenvalue weighted by Crippen LogP contribution is 2.19. The molecule has 1 aliphatic heterocycles. The fraction of sp³-hybridized carbons (Fsp3) is 0.933. The summed E-state index contributed by atoms with van der Waals surface area (Å²) in [5, 5.41) is 3.22. The number of amides is 1. The lowest BCUT2D eigenvalue weighted by atomic mass is 9.94. The van der Waals surface area contributed by atoms with Crippen LogP contribution in [0.15, 0.2) is 0 Å². The second kappa shape index (κ2) is 10.4. The molecule has 1 rings (SSSR count). The van der Waals surface area contributed by atoms with Crippen molar-refractivity contribution in [1.82, 2.24) is 10.2 Å². The molecule has 0 radical (unpaired) electrons. The number of rotatable bonds is 5. The van der Waals surface area contributed by atoms with Crippen molar-refractivity contribution in [3.05, 3.63) is 0 Å². The van der Waals surface area contributed by atoms with Gasteiger partial charge >= 0.3 is 0 Å². The van der Waals surface area contributed by atoms with Gasteiger partial charge in [-0.25, -0.2) is 0 Å². The highest BCUT2D eigenvalue weighted by Gasteiger charge is 2.21. The molecule has 0 atom stereocenters. The maximum Gasteiger partial charge on any atom is 0.236 e. The Labute approximate surface area is 113 Å². The van der Waals surface area contributed by atoms with Gasteiger partial charge in [0.05, 0.1) is 6.54 Å². The summed E-state index contributed by atoms with van der Waals surface area (Å²) in [5.41, 5.74) is 0. The Morgan fingerprint density at radius 2 is 1.83 bits per heavy atom. The molecule has 0 aromatic carbocycles. The minimum Gasteiger partial charge on any atom is -0.342 e. The average Bonchev–Trinajstić information content (AvgIpc) is 2.40. The van der Waals surface area contributed by atoms with Crippen molar-refractivity contribution in [1.29, 1.82) is 0 Å². The van der Waals surface area contributed by atoms with E-state index < -0.39 is 0 Å². The molecule has 1 aliphatic rings. The molecule has 3 nitrogen and oxygen atoms in total. The number of nitrogens with one attached hydrogen (secondary N) is 1. The Morgan fingerprint density at radius 1 is 1.28 bits per heavy atom. The monoisotopic (exact) mass is 256 g/mol. The third-order valence-electron chi connectivity index (χ3n) is 3.37. The van der Waals surface area contributed by atoms with E-state index in [1.54, 1.807) is 0 Å². The molecule has 0 aliphatic carbocycles. The highest BCUT2D eigenvalue weighted by atomic mass is 16.2. The quantitative estimate of drug-likeness (QED) is 0.820. The van der Waals surface area contributed by atoms with Crippen molar-refractivity contribution in [2.24, 2.45) is 11.8 Å². The first-order valence-electron chi connectivity index (χ1n) is 7.62. The van der Waals surface area contributed by atoms with Crippen molar-refractivity contribution in [3.8, 4) is 0 Å². The fourth-order valence-electron chi connectivity index (χ4n) is 2.17. The van der Waals surface area contributed by atoms with Gasteiger partial charge < -0.3 is 10.2 Å². The summed E-state index contributed by atoms with van der Waals surface area (Å²) in [5.74, 6) is 1.72. The predicted octanol–water partition coefficient (Wildman–Crippen LogP) is 2.91. The maximum atomic E-state index is 11.8. The molecule has 0 spiro atoms. The molecule has 18 heavy (non-hydrogen) atoms. The maximum absolute atomic E-state index is 11.8. The smallest absolute Gasteiger partial charge is 0.236 e. The molecule has 0 aromatic heterocycles. The zero-order chi connectivity index (χ0) is 14.0. The first kappa shape index (κ1) is 17.4. The Balaban J connectivity index is 0.00000137. The molecule has 0 saturated carbocycles. The Kier molecular flexibility index (Phi) is 10.0. The first-order valence-corrected chi connectivity index (χ1v) is 7.62. The Bertz CT molecular complexity index is 209. The molecule has 1 saturated heterocycles. The molecule has 0 aromatic rings. The second-order valence-corrected chi connectivity index (χ2v) is 5.26. The normalized spacial score (nSPS) is 16.4. The molecule has 1 fully saturated rings. The van der Waals surface area contributed by atoms with E-state index in [0.29, 0.717) is 12.5 Å². The lowest BCUT2D eigenvalue weighted by Crippen LogP contribution is -2.43. The Morgan fingerprint density at radius 3 is 2.28 bits per heavy atom. The first-order chi connectivity index (χ1) is 8.63. The van der Waals surface area contributed by atoms with E-state index in [4.69, 9.17) is 0 Å². The van der Waals surface area contributed by atoms with E-state index in [1.165, 1.54) is 19.3 Å². The van der Waals surface area contributed by atoms with Crippen LogP contribution in [0.3, 0.4) is 0 Å². The van der Waals surface area contributed by atoms with Gasteiger partial charge in [-0.3, -0.25) is 4.79 Å². The van der Waals surface area contributed by atoms with Gasteiger partial charge in [-0.05, 0) is 31.2 Å². The average molecular weight is 256 g/mol. The molecule has 0 bridgehead atoms. The van der Waals surface area contributed by atoms with Crippen LogP contribution in [-0.2, 0) is 4.79 Å². The van der Waals surface area contributed by atoms with Gasteiger partial charge in [-0.15, -0.1) is 0 Å². The van der Waals surface area contributed by atoms with Crippen LogP contribution in [-0.4, -0.2) is 37.0 Å². The third kappa shape index (κ3) is 7.00. The summed E-state index contributed by atoms with van der Waals surface area (Å²) < 4.78 is 0. The van der Waals surface area contributed by atoms with Gasteiger partial charge in [0.1, 0.15) is 0 Å². The Hall–Kier alpha value is -0.570. The molecule has 1 amide bonds. The second-order valence-electron chi connectivity index (χ2n) is 5.26. The van der Waals surface area contributed by atoms with Gasteiger partial charge in [0.2, 0.25) is 5.91 Å². The van der Waals surface area contributed by atoms with Gasteiger partial charge in [0.25, 0.3) is 0 Å². The lowest BCUT2D eigenvalue weighted by Gasteiger charge is -2.31. The van der Waals surface area contributed by atoms with Crippen LogP contribution in [0, 0.1) is 11.8 Å². The summed E-state index contributed by atoms with van der Waals surface area (Å²) in [6, 6.07) is 0. The number of piperidine rings is 1. The van der Waals surface area contributed by atoms with Crippen molar-refractivity contribution in [2.75, 3.05) is 26.2 Å². The summed E-state index contributed by atoms with van der Waals surface area (Å²) >= 11 is 0. The lowest BCUT2D eigenvalue weighted by molar-refractivity contribution is -0.131. The summed E-state index contributed by atoms with van der Waals surface area (Å²) in [6.07, 6.45) is 3.63. The fourth-order valence-corrected chi connectivity index (χ4v) is 2.17. The summed E-state index contributed by atoms with van der Waals surface area (Å²) in [7, 11) is 0. The minimum absolute atomic E-state index is 0.273. The van der Waals surface area contributed by atoms with Crippen LogP contribution < -0.4 is 5.32 Å². The van der Waals surface area contributed by atoms with Gasteiger partial charge in [-0.1, -0.05) is 41.0 Å². The van der Waals surface area contributed by atoms with Gasteiger partial charge in [0, 0.05) is 13.1 Å². The largest absolute Gasteiger partial charge is 0.342 e. The third-order valence-corrected chi connectivity index (χ3v) is 3.37. The van der Waals surface area contributed by atoms with E-state index in [9.17, 15) is 4.79 Å². The van der Waals surface area contributed by atoms with E-state index in [2.05, 4.69) is 26.1 Å². The van der Waals surface area contributed by atoms with Crippen molar-refractivity contribution in [2.45, 2.75) is 53.9 Å². The van der Waals surface area contributed by atoms with Crippen LogP contribution in [0.1, 0.15) is 53.9 Å². The van der Waals surface area contributed by atoms with Gasteiger partial charge in [-0.2, -0.15) is 0 Å². The van der Waals surface area contributed by atoms with E-state index in [1.807, 2.05) is 18.7 Å². The van der Waals surface area contributed by atoms with E-state index in [0.717, 1.165) is 25.6 Å². The number of nitrogens with zero attached hydrogens (tertiary/aromatic N) is 1. The zero-order valence-corrected chi connectivity index (χ0v) is 13.0.